The number of hydrogen-bond acceptors (Lipinski definition) is 2. The standard InChI is InChI=1S/C24H19F4NO2/c1-15-11-18(17-3-2-4-20(25)8-7-17)12-19-14-29(23(30)22(15)19)13-16-5-9-21(10-6-16)31-24(26,27)28/h3-12H,2,13-14H2,1H3. The number of nitrogens with zero attached hydrogens (tertiary/aromatic N) is 1. The zero-order valence-corrected chi connectivity index (χ0v) is 16.7. The summed E-state index contributed by atoms with van der Waals surface area (Å²) in [5.41, 5.74) is 4.86. The molecular weight excluding hydrogens is 410 g/mol. The molecule has 160 valence electrons. The highest BCUT2D eigenvalue weighted by molar-refractivity contribution is 6.00. The fraction of sp³-hybridized carbons (Fsp3) is 0.208. The average Bonchev–Trinajstić information content (AvgIpc) is 2.85. The van der Waals surface area contributed by atoms with Crippen LogP contribution in [0.4, 0.5) is 17.6 Å². The van der Waals surface area contributed by atoms with Gasteiger partial charge < -0.3 is 9.64 Å². The molecule has 1 aliphatic heterocycles. The lowest BCUT2D eigenvalue weighted by molar-refractivity contribution is -0.274. The predicted octanol–water partition coefficient (Wildman–Crippen LogP) is 6.25. The number of carbonyl (C=O) groups excluding carboxylic acids is 1. The normalized spacial score (nSPS) is 16.0. The molecule has 0 spiro atoms. The Morgan fingerprint density at radius 1 is 1.06 bits per heavy atom. The molecule has 7 heteroatoms. The second kappa shape index (κ2) is 8.06. The molecule has 2 aromatic carbocycles. The van der Waals surface area contributed by atoms with Crippen molar-refractivity contribution in [3.05, 3.63) is 94.3 Å². The van der Waals surface area contributed by atoms with Crippen molar-refractivity contribution in [2.24, 2.45) is 0 Å². The molecular formula is C24H19F4NO2. The fourth-order valence-corrected chi connectivity index (χ4v) is 3.86. The molecule has 31 heavy (non-hydrogen) atoms. The number of halogens is 4. The molecule has 1 aliphatic carbocycles. The second-order valence-corrected chi connectivity index (χ2v) is 7.50. The third-order valence-electron chi connectivity index (χ3n) is 5.22. The van der Waals surface area contributed by atoms with Crippen LogP contribution in [0.25, 0.3) is 5.57 Å². The molecule has 0 saturated carbocycles. The summed E-state index contributed by atoms with van der Waals surface area (Å²) in [6.45, 7) is 2.53. The third-order valence-corrected chi connectivity index (χ3v) is 5.22. The first-order valence-electron chi connectivity index (χ1n) is 9.71. The van der Waals surface area contributed by atoms with Gasteiger partial charge in [-0.2, -0.15) is 0 Å². The van der Waals surface area contributed by atoms with Gasteiger partial charge in [0.15, 0.2) is 0 Å². The van der Waals surface area contributed by atoms with E-state index in [1.807, 2.05) is 25.1 Å². The van der Waals surface area contributed by atoms with Crippen LogP contribution in [-0.2, 0) is 13.1 Å². The third kappa shape index (κ3) is 4.71. The van der Waals surface area contributed by atoms with E-state index in [9.17, 15) is 22.4 Å². The quantitative estimate of drug-likeness (QED) is 0.538. The van der Waals surface area contributed by atoms with E-state index < -0.39 is 6.36 Å². The number of aryl methyl sites for hydroxylation is 1. The maximum atomic E-state index is 13.5. The zero-order valence-electron chi connectivity index (χ0n) is 16.7. The van der Waals surface area contributed by atoms with E-state index in [4.69, 9.17) is 0 Å². The van der Waals surface area contributed by atoms with E-state index in [1.54, 1.807) is 11.0 Å². The lowest BCUT2D eigenvalue weighted by Gasteiger charge is -2.16. The van der Waals surface area contributed by atoms with Gasteiger partial charge in [0.05, 0.1) is 0 Å². The highest BCUT2D eigenvalue weighted by atomic mass is 19.4. The van der Waals surface area contributed by atoms with Crippen LogP contribution >= 0.6 is 0 Å². The minimum absolute atomic E-state index is 0.118. The van der Waals surface area contributed by atoms with Crippen LogP contribution in [0.2, 0.25) is 0 Å². The smallest absolute Gasteiger partial charge is 0.406 e. The summed E-state index contributed by atoms with van der Waals surface area (Å²) in [5, 5.41) is 0. The van der Waals surface area contributed by atoms with Crippen molar-refractivity contribution in [1.29, 1.82) is 0 Å². The summed E-state index contributed by atoms with van der Waals surface area (Å²) in [5.74, 6) is -0.701. The highest BCUT2D eigenvalue weighted by Gasteiger charge is 2.32. The van der Waals surface area contributed by atoms with Gasteiger partial charge in [0.1, 0.15) is 11.6 Å². The molecule has 1 heterocycles. The van der Waals surface area contributed by atoms with Gasteiger partial charge >= 0.3 is 6.36 Å². The Bertz CT molecular complexity index is 1110. The van der Waals surface area contributed by atoms with Gasteiger partial charge in [0.25, 0.3) is 5.91 Å². The van der Waals surface area contributed by atoms with E-state index in [1.165, 1.54) is 36.4 Å². The van der Waals surface area contributed by atoms with E-state index in [0.717, 1.165) is 22.3 Å². The number of ether oxygens (including phenoxy) is 1. The number of rotatable bonds is 4. The Morgan fingerprint density at radius 2 is 1.81 bits per heavy atom. The maximum Gasteiger partial charge on any atom is 0.573 e. The Balaban J connectivity index is 1.52. The molecule has 0 saturated heterocycles. The predicted molar refractivity (Wildman–Crippen MR) is 109 cm³/mol. The Morgan fingerprint density at radius 3 is 2.52 bits per heavy atom. The fourth-order valence-electron chi connectivity index (χ4n) is 3.86. The van der Waals surface area contributed by atoms with E-state index in [0.29, 0.717) is 24.1 Å². The van der Waals surface area contributed by atoms with Gasteiger partial charge in [-0.05, 0) is 71.5 Å². The molecule has 0 fully saturated rings. The van der Waals surface area contributed by atoms with Crippen LogP contribution in [0.15, 0.2) is 66.5 Å². The largest absolute Gasteiger partial charge is 0.573 e. The number of carbonyl (C=O) groups is 1. The average molecular weight is 429 g/mol. The van der Waals surface area contributed by atoms with Crippen LogP contribution in [0.5, 0.6) is 5.75 Å². The van der Waals surface area contributed by atoms with Crippen LogP contribution in [0.1, 0.15) is 39.0 Å². The summed E-state index contributed by atoms with van der Waals surface area (Å²) in [6.07, 6.45) is 2.32. The molecule has 0 atom stereocenters. The molecule has 1 amide bonds. The highest BCUT2D eigenvalue weighted by Crippen LogP contribution is 2.32. The van der Waals surface area contributed by atoms with Crippen molar-refractivity contribution in [2.45, 2.75) is 32.8 Å². The van der Waals surface area contributed by atoms with Crippen molar-refractivity contribution in [3.8, 4) is 5.75 Å². The van der Waals surface area contributed by atoms with Gasteiger partial charge in [0, 0.05) is 18.7 Å². The Hall–Kier alpha value is -3.35. The maximum absolute atomic E-state index is 13.5. The minimum Gasteiger partial charge on any atom is -0.406 e. The molecule has 2 aliphatic rings. The topological polar surface area (TPSA) is 29.5 Å². The second-order valence-electron chi connectivity index (χ2n) is 7.50. The number of fused-ring (bicyclic) bond motifs is 1. The van der Waals surface area contributed by atoms with Crippen LogP contribution in [0, 0.1) is 6.92 Å². The molecule has 2 aromatic rings. The minimum atomic E-state index is -4.74. The van der Waals surface area contributed by atoms with Crippen molar-refractivity contribution < 1.29 is 27.1 Å². The summed E-state index contributed by atoms with van der Waals surface area (Å²) < 4.78 is 54.3. The number of benzene rings is 2. The Labute approximate surface area is 176 Å². The molecule has 0 radical (unpaired) electrons. The van der Waals surface area contributed by atoms with Gasteiger partial charge in [0.2, 0.25) is 0 Å². The Kier molecular flexibility index (Phi) is 5.43. The first kappa shape index (κ1) is 20.9. The van der Waals surface area contributed by atoms with Crippen molar-refractivity contribution in [2.75, 3.05) is 0 Å². The number of alkyl halides is 3. The van der Waals surface area contributed by atoms with E-state index >= 15 is 0 Å². The monoisotopic (exact) mass is 429 g/mol. The number of amides is 1. The summed E-state index contributed by atoms with van der Waals surface area (Å²) in [7, 11) is 0. The summed E-state index contributed by atoms with van der Waals surface area (Å²) in [6, 6.07) is 9.36. The van der Waals surface area contributed by atoms with Gasteiger partial charge in [-0.15, -0.1) is 13.2 Å². The van der Waals surface area contributed by atoms with Crippen LogP contribution < -0.4 is 4.74 Å². The van der Waals surface area contributed by atoms with Crippen LogP contribution in [0.3, 0.4) is 0 Å². The lowest BCUT2D eigenvalue weighted by atomic mass is 9.95. The number of allylic oxidation sites excluding steroid dienone is 6. The molecule has 0 bridgehead atoms. The SMILES string of the molecule is Cc1cc(C2=CCC=C(F)C=C2)cc2c1C(=O)N(Cc1ccc(OC(F)(F)F)cc1)C2. The van der Waals surface area contributed by atoms with Gasteiger partial charge in [-0.3, -0.25) is 4.79 Å². The molecule has 4 rings (SSSR count). The van der Waals surface area contributed by atoms with Crippen molar-refractivity contribution in [3.63, 3.8) is 0 Å². The first-order chi connectivity index (χ1) is 14.7. The van der Waals surface area contributed by atoms with Crippen LogP contribution in [-0.4, -0.2) is 17.2 Å². The van der Waals surface area contributed by atoms with Gasteiger partial charge in [-0.1, -0.05) is 30.4 Å². The lowest BCUT2D eigenvalue weighted by Crippen LogP contribution is -2.23. The molecule has 0 N–H and O–H groups in total. The first-order valence-corrected chi connectivity index (χ1v) is 9.71. The van der Waals surface area contributed by atoms with Crippen molar-refractivity contribution in [1.82, 2.24) is 4.90 Å². The molecule has 0 unspecified atom stereocenters. The van der Waals surface area contributed by atoms with Crippen molar-refractivity contribution >= 4 is 11.5 Å². The zero-order chi connectivity index (χ0) is 22.2. The van der Waals surface area contributed by atoms with E-state index in [2.05, 4.69) is 4.74 Å². The summed E-state index contributed by atoms with van der Waals surface area (Å²) >= 11 is 0. The van der Waals surface area contributed by atoms with E-state index in [-0.39, 0.29) is 24.0 Å². The molecule has 0 aromatic heterocycles. The van der Waals surface area contributed by atoms with Gasteiger partial charge in [-0.25, -0.2) is 4.39 Å². The molecule has 3 nitrogen and oxygen atoms in total. The number of hydrogen-bond donors (Lipinski definition) is 0. The summed E-state index contributed by atoms with van der Waals surface area (Å²) in [4.78, 5) is 14.6.